The molecule has 0 aliphatic rings. The standard InChI is InChI=1S/C15H20N2O2/c1-5-17-10(4)16-12-8-11(6-7-13(12)17)14(9(2)3)15(18)19/h6-9,14H,5H2,1-4H3,(H,18,19). The fourth-order valence-electron chi connectivity index (χ4n) is 2.67. The molecule has 4 heteroatoms. The number of carboxylic acid groups (broad SMARTS) is 1. The van der Waals surface area contributed by atoms with E-state index in [9.17, 15) is 9.90 Å². The molecule has 0 bridgehead atoms. The van der Waals surface area contributed by atoms with E-state index in [1.54, 1.807) is 0 Å². The highest BCUT2D eigenvalue weighted by Gasteiger charge is 2.24. The molecule has 1 aromatic heterocycles. The average Bonchev–Trinajstić information content (AvgIpc) is 2.62. The number of carboxylic acids is 1. The Labute approximate surface area is 113 Å². The van der Waals surface area contributed by atoms with E-state index in [0.29, 0.717) is 0 Å². The summed E-state index contributed by atoms with van der Waals surface area (Å²) in [5, 5.41) is 9.35. The minimum Gasteiger partial charge on any atom is -0.481 e. The van der Waals surface area contributed by atoms with Crippen molar-refractivity contribution in [2.75, 3.05) is 0 Å². The van der Waals surface area contributed by atoms with Gasteiger partial charge in [-0.3, -0.25) is 4.79 Å². The van der Waals surface area contributed by atoms with Crippen LogP contribution in [0.3, 0.4) is 0 Å². The van der Waals surface area contributed by atoms with Crippen LogP contribution in [-0.4, -0.2) is 20.6 Å². The third-order valence-electron chi connectivity index (χ3n) is 3.57. The van der Waals surface area contributed by atoms with Crippen molar-refractivity contribution in [3.8, 4) is 0 Å². The molecule has 2 rings (SSSR count). The molecule has 1 N–H and O–H groups in total. The number of aryl methyl sites for hydroxylation is 2. The van der Waals surface area contributed by atoms with Crippen LogP contribution >= 0.6 is 0 Å². The molecular weight excluding hydrogens is 240 g/mol. The fourth-order valence-corrected chi connectivity index (χ4v) is 2.67. The Morgan fingerprint density at radius 1 is 1.42 bits per heavy atom. The second-order valence-electron chi connectivity index (χ2n) is 5.21. The number of imidazole rings is 1. The summed E-state index contributed by atoms with van der Waals surface area (Å²) in [7, 11) is 0. The van der Waals surface area contributed by atoms with Crippen molar-refractivity contribution in [3.05, 3.63) is 29.6 Å². The predicted molar refractivity (Wildman–Crippen MR) is 75.4 cm³/mol. The lowest BCUT2D eigenvalue weighted by Crippen LogP contribution is -2.17. The molecule has 1 unspecified atom stereocenters. The molecule has 0 amide bonds. The molecule has 2 aromatic rings. The molecule has 0 radical (unpaired) electrons. The zero-order valence-corrected chi connectivity index (χ0v) is 11.8. The molecule has 0 aliphatic heterocycles. The molecule has 1 heterocycles. The number of benzene rings is 1. The van der Waals surface area contributed by atoms with Crippen molar-refractivity contribution < 1.29 is 9.90 Å². The Morgan fingerprint density at radius 3 is 2.63 bits per heavy atom. The van der Waals surface area contributed by atoms with Crippen LogP contribution in [0.15, 0.2) is 18.2 Å². The molecule has 1 atom stereocenters. The number of rotatable bonds is 4. The summed E-state index contributed by atoms with van der Waals surface area (Å²) >= 11 is 0. The maximum Gasteiger partial charge on any atom is 0.311 e. The largest absolute Gasteiger partial charge is 0.481 e. The van der Waals surface area contributed by atoms with Crippen LogP contribution in [0, 0.1) is 12.8 Å². The molecule has 0 spiro atoms. The van der Waals surface area contributed by atoms with Gasteiger partial charge < -0.3 is 9.67 Å². The van der Waals surface area contributed by atoms with Crippen LogP contribution in [0.25, 0.3) is 11.0 Å². The van der Waals surface area contributed by atoms with Crippen molar-refractivity contribution in [2.24, 2.45) is 5.92 Å². The van der Waals surface area contributed by atoms with E-state index in [1.165, 1.54) is 0 Å². The van der Waals surface area contributed by atoms with E-state index >= 15 is 0 Å². The fraction of sp³-hybridized carbons (Fsp3) is 0.467. The van der Waals surface area contributed by atoms with Crippen molar-refractivity contribution in [1.82, 2.24) is 9.55 Å². The second-order valence-corrected chi connectivity index (χ2v) is 5.21. The molecule has 1 aromatic carbocycles. The highest BCUT2D eigenvalue weighted by molar-refractivity contribution is 5.81. The van der Waals surface area contributed by atoms with Crippen molar-refractivity contribution in [3.63, 3.8) is 0 Å². The topological polar surface area (TPSA) is 55.1 Å². The van der Waals surface area contributed by atoms with E-state index in [1.807, 2.05) is 39.0 Å². The van der Waals surface area contributed by atoms with Gasteiger partial charge in [0.25, 0.3) is 0 Å². The first-order valence-electron chi connectivity index (χ1n) is 6.65. The summed E-state index contributed by atoms with van der Waals surface area (Å²) in [6.07, 6.45) is 0. The highest BCUT2D eigenvalue weighted by Crippen LogP contribution is 2.28. The predicted octanol–water partition coefficient (Wildman–Crippen LogP) is 3.19. The van der Waals surface area contributed by atoms with Gasteiger partial charge in [0.05, 0.1) is 17.0 Å². The van der Waals surface area contributed by atoms with Crippen LogP contribution in [0.2, 0.25) is 0 Å². The van der Waals surface area contributed by atoms with Crippen LogP contribution in [0.4, 0.5) is 0 Å². The van der Waals surface area contributed by atoms with Crippen LogP contribution in [0.5, 0.6) is 0 Å². The Bertz CT molecular complexity index is 614. The molecule has 102 valence electrons. The number of carbonyl (C=O) groups is 1. The highest BCUT2D eigenvalue weighted by atomic mass is 16.4. The van der Waals surface area contributed by atoms with Crippen LogP contribution < -0.4 is 0 Å². The van der Waals surface area contributed by atoms with E-state index in [4.69, 9.17) is 0 Å². The number of nitrogens with zero attached hydrogens (tertiary/aromatic N) is 2. The van der Waals surface area contributed by atoms with E-state index in [-0.39, 0.29) is 5.92 Å². The third kappa shape index (κ3) is 2.35. The van der Waals surface area contributed by atoms with Crippen LogP contribution in [0.1, 0.15) is 38.1 Å². The minimum atomic E-state index is -0.777. The van der Waals surface area contributed by atoms with Crippen molar-refractivity contribution >= 4 is 17.0 Å². The molecule has 0 saturated carbocycles. The number of aliphatic carboxylic acids is 1. The lowest BCUT2D eigenvalue weighted by atomic mass is 9.88. The zero-order chi connectivity index (χ0) is 14.2. The lowest BCUT2D eigenvalue weighted by Gasteiger charge is -2.16. The van der Waals surface area contributed by atoms with Gasteiger partial charge in [-0.1, -0.05) is 19.9 Å². The Balaban J connectivity index is 2.55. The van der Waals surface area contributed by atoms with Crippen molar-refractivity contribution in [2.45, 2.75) is 40.2 Å². The van der Waals surface area contributed by atoms with E-state index in [2.05, 4.69) is 16.5 Å². The molecule has 4 nitrogen and oxygen atoms in total. The monoisotopic (exact) mass is 260 g/mol. The van der Waals surface area contributed by atoms with Crippen molar-refractivity contribution in [1.29, 1.82) is 0 Å². The SMILES string of the molecule is CCn1c(C)nc2cc(C(C(=O)O)C(C)C)ccc21. The van der Waals surface area contributed by atoms with Gasteiger partial charge in [0.15, 0.2) is 0 Å². The Morgan fingerprint density at radius 2 is 2.11 bits per heavy atom. The van der Waals surface area contributed by atoms with E-state index < -0.39 is 11.9 Å². The van der Waals surface area contributed by atoms with Gasteiger partial charge in [0.1, 0.15) is 5.82 Å². The van der Waals surface area contributed by atoms with Gasteiger partial charge in [-0.25, -0.2) is 4.98 Å². The minimum absolute atomic E-state index is 0.0595. The quantitative estimate of drug-likeness (QED) is 0.918. The van der Waals surface area contributed by atoms with Gasteiger partial charge >= 0.3 is 5.97 Å². The summed E-state index contributed by atoms with van der Waals surface area (Å²) in [6, 6.07) is 5.80. The molecule has 0 fully saturated rings. The lowest BCUT2D eigenvalue weighted by molar-refractivity contribution is -0.139. The normalized spacial score (nSPS) is 13.1. The maximum absolute atomic E-state index is 11.4. The number of hydrogen-bond acceptors (Lipinski definition) is 2. The number of aromatic nitrogens is 2. The number of fused-ring (bicyclic) bond motifs is 1. The van der Waals surface area contributed by atoms with Gasteiger partial charge in [0, 0.05) is 6.54 Å². The average molecular weight is 260 g/mol. The molecule has 19 heavy (non-hydrogen) atoms. The second kappa shape index (κ2) is 5.03. The van der Waals surface area contributed by atoms with Gasteiger partial charge in [0.2, 0.25) is 0 Å². The van der Waals surface area contributed by atoms with Gasteiger partial charge in [-0.15, -0.1) is 0 Å². The maximum atomic E-state index is 11.4. The first-order valence-corrected chi connectivity index (χ1v) is 6.65. The zero-order valence-electron chi connectivity index (χ0n) is 11.8. The first-order chi connectivity index (χ1) is 8.95. The molecular formula is C15H20N2O2. The Kier molecular flexibility index (Phi) is 3.60. The van der Waals surface area contributed by atoms with Crippen LogP contribution in [-0.2, 0) is 11.3 Å². The smallest absolute Gasteiger partial charge is 0.311 e. The molecule has 0 aliphatic carbocycles. The molecule has 0 saturated heterocycles. The third-order valence-corrected chi connectivity index (χ3v) is 3.57. The summed E-state index contributed by atoms with van der Waals surface area (Å²) in [4.78, 5) is 15.9. The number of hydrogen-bond donors (Lipinski definition) is 1. The summed E-state index contributed by atoms with van der Waals surface area (Å²) in [5.74, 6) is -0.229. The summed E-state index contributed by atoms with van der Waals surface area (Å²) in [6.45, 7) is 8.78. The Hall–Kier alpha value is -1.84. The first kappa shape index (κ1) is 13.6. The van der Waals surface area contributed by atoms with Gasteiger partial charge in [-0.05, 0) is 37.5 Å². The summed E-state index contributed by atoms with van der Waals surface area (Å²) in [5.41, 5.74) is 2.77. The van der Waals surface area contributed by atoms with E-state index in [0.717, 1.165) is 29.0 Å². The van der Waals surface area contributed by atoms with Gasteiger partial charge in [-0.2, -0.15) is 0 Å². The summed E-state index contributed by atoms with van der Waals surface area (Å²) < 4.78 is 2.13.